The van der Waals surface area contributed by atoms with Crippen LogP contribution in [0.25, 0.3) is 0 Å². The lowest BCUT2D eigenvalue weighted by atomic mass is 10.2. The van der Waals surface area contributed by atoms with Crippen LogP contribution in [0.3, 0.4) is 0 Å². The number of amides is 1. The topological polar surface area (TPSA) is 69.7 Å². The van der Waals surface area contributed by atoms with Crippen molar-refractivity contribution in [3.05, 3.63) is 29.8 Å². The molecule has 1 aromatic carbocycles. The van der Waals surface area contributed by atoms with Gasteiger partial charge >= 0.3 is 6.18 Å². The third-order valence-electron chi connectivity index (χ3n) is 4.07. The van der Waals surface area contributed by atoms with Crippen LogP contribution in [0.15, 0.2) is 29.2 Å². The van der Waals surface area contributed by atoms with Crippen molar-refractivity contribution in [2.45, 2.75) is 24.4 Å². The summed E-state index contributed by atoms with van der Waals surface area (Å²) in [6, 6.07) is 3.74. The number of sulfonamides is 1. The van der Waals surface area contributed by atoms with Crippen molar-refractivity contribution >= 4 is 15.9 Å². The molecule has 0 bridgehead atoms. The Morgan fingerprint density at radius 3 is 2.42 bits per heavy atom. The zero-order chi connectivity index (χ0) is 19.4. The molecule has 1 N–H and O–H groups in total. The number of rotatable bonds is 6. The van der Waals surface area contributed by atoms with Crippen LogP contribution in [-0.4, -0.2) is 62.8 Å². The number of carbonyl (C=O) groups excluding carboxylic acids is 1. The summed E-state index contributed by atoms with van der Waals surface area (Å²) >= 11 is 0. The Kier molecular flexibility index (Phi) is 6.64. The van der Waals surface area contributed by atoms with Gasteiger partial charge in [-0.05, 0) is 24.6 Å². The van der Waals surface area contributed by atoms with E-state index in [4.69, 9.17) is 0 Å². The highest BCUT2D eigenvalue weighted by atomic mass is 32.2. The van der Waals surface area contributed by atoms with Gasteiger partial charge < -0.3 is 5.32 Å². The second kappa shape index (κ2) is 8.36. The molecule has 2 rings (SSSR count). The van der Waals surface area contributed by atoms with Gasteiger partial charge in [0.05, 0.1) is 17.0 Å². The Morgan fingerprint density at radius 2 is 1.85 bits per heavy atom. The maximum Gasteiger partial charge on any atom is 0.416 e. The molecule has 10 heteroatoms. The molecule has 0 atom stereocenters. The van der Waals surface area contributed by atoms with E-state index in [1.165, 1.54) is 0 Å². The number of hydrogen-bond acceptors (Lipinski definition) is 4. The summed E-state index contributed by atoms with van der Waals surface area (Å²) in [5.41, 5.74) is -0.996. The van der Waals surface area contributed by atoms with E-state index in [0.29, 0.717) is 25.7 Å². The Morgan fingerprint density at radius 1 is 1.19 bits per heavy atom. The average Bonchev–Trinajstić information content (AvgIpc) is 2.60. The van der Waals surface area contributed by atoms with Crippen molar-refractivity contribution in [3.8, 4) is 0 Å². The Balaban J connectivity index is 2.01. The van der Waals surface area contributed by atoms with Crippen molar-refractivity contribution in [1.82, 2.24) is 14.5 Å². The van der Waals surface area contributed by atoms with Gasteiger partial charge in [0.1, 0.15) is 0 Å². The van der Waals surface area contributed by atoms with Crippen molar-refractivity contribution in [3.63, 3.8) is 0 Å². The number of piperazine rings is 1. The van der Waals surface area contributed by atoms with Crippen molar-refractivity contribution < 1.29 is 26.4 Å². The molecule has 1 aliphatic rings. The quantitative estimate of drug-likeness (QED) is 0.796. The molecule has 1 heterocycles. The predicted octanol–water partition coefficient (Wildman–Crippen LogP) is 1.54. The normalized spacial score (nSPS) is 17.2. The number of benzene rings is 1. The molecule has 0 spiro atoms. The fourth-order valence-electron chi connectivity index (χ4n) is 2.63. The van der Waals surface area contributed by atoms with E-state index in [2.05, 4.69) is 5.32 Å². The summed E-state index contributed by atoms with van der Waals surface area (Å²) in [6.07, 6.45) is -3.77. The second-order valence-electron chi connectivity index (χ2n) is 6.06. The molecule has 1 saturated heterocycles. The largest absolute Gasteiger partial charge is 0.416 e. The molecular formula is C16H22F3N3O3S. The highest BCUT2D eigenvalue weighted by Gasteiger charge is 2.34. The molecule has 26 heavy (non-hydrogen) atoms. The van der Waals surface area contributed by atoms with Gasteiger partial charge in [-0.2, -0.15) is 17.5 Å². The molecule has 1 aromatic rings. The van der Waals surface area contributed by atoms with E-state index in [-0.39, 0.29) is 30.4 Å². The van der Waals surface area contributed by atoms with Gasteiger partial charge in [0.15, 0.2) is 0 Å². The van der Waals surface area contributed by atoms with Gasteiger partial charge in [-0.3, -0.25) is 9.69 Å². The van der Waals surface area contributed by atoms with Crippen LogP contribution in [0, 0.1) is 0 Å². The lowest BCUT2D eigenvalue weighted by Gasteiger charge is -2.33. The summed E-state index contributed by atoms with van der Waals surface area (Å²) in [6.45, 7) is 3.65. The van der Waals surface area contributed by atoms with Crippen molar-refractivity contribution in [1.29, 1.82) is 0 Å². The first-order valence-corrected chi connectivity index (χ1v) is 9.75. The minimum Gasteiger partial charge on any atom is -0.355 e. The van der Waals surface area contributed by atoms with Crippen LogP contribution in [0.1, 0.15) is 18.9 Å². The Bertz CT molecular complexity index is 730. The van der Waals surface area contributed by atoms with Gasteiger partial charge in [0.2, 0.25) is 15.9 Å². The SMILES string of the molecule is CCCNC(=O)CN1CCN(S(=O)(=O)c2cccc(C(F)(F)F)c2)CC1. The smallest absolute Gasteiger partial charge is 0.355 e. The Labute approximate surface area is 151 Å². The fourth-order valence-corrected chi connectivity index (χ4v) is 4.10. The lowest BCUT2D eigenvalue weighted by Crippen LogP contribution is -2.51. The van der Waals surface area contributed by atoms with Crippen LogP contribution in [0.4, 0.5) is 13.2 Å². The fraction of sp³-hybridized carbons (Fsp3) is 0.562. The molecular weight excluding hydrogens is 371 g/mol. The number of alkyl halides is 3. The summed E-state index contributed by atoms with van der Waals surface area (Å²) in [7, 11) is -4.00. The molecule has 0 radical (unpaired) electrons. The van der Waals surface area contributed by atoms with E-state index in [0.717, 1.165) is 28.9 Å². The van der Waals surface area contributed by atoms with Crippen LogP contribution in [0.5, 0.6) is 0 Å². The van der Waals surface area contributed by atoms with E-state index in [1.807, 2.05) is 11.8 Å². The van der Waals surface area contributed by atoms with Gasteiger partial charge in [-0.1, -0.05) is 13.0 Å². The van der Waals surface area contributed by atoms with E-state index < -0.39 is 21.8 Å². The van der Waals surface area contributed by atoms with Crippen molar-refractivity contribution in [2.24, 2.45) is 0 Å². The third-order valence-corrected chi connectivity index (χ3v) is 5.96. The first-order valence-electron chi connectivity index (χ1n) is 8.31. The highest BCUT2D eigenvalue weighted by Crippen LogP contribution is 2.31. The first-order chi connectivity index (χ1) is 12.1. The molecule has 1 amide bonds. The zero-order valence-corrected chi connectivity index (χ0v) is 15.2. The van der Waals surface area contributed by atoms with E-state index >= 15 is 0 Å². The van der Waals surface area contributed by atoms with Crippen LogP contribution in [0.2, 0.25) is 0 Å². The van der Waals surface area contributed by atoms with E-state index in [9.17, 15) is 26.4 Å². The average molecular weight is 393 g/mol. The molecule has 1 aliphatic heterocycles. The van der Waals surface area contributed by atoms with Gasteiger partial charge in [0.25, 0.3) is 0 Å². The van der Waals surface area contributed by atoms with Crippen molar-refractivity contribution in [2.75, 3.05) is 39.3 Å². The number of halogens is 3. The molecule has 146 valence electrons. The maximum absolute atomic E-state index is 12.8. The third kappa shape index (κ3) is 5.18. The number of nitrogens with one attached hydrogen (secondary N) is 1. The molecule has 0 aromatic heterocycles. The van der Waals surface area contributed by atoms with Gasteiger partial charge in [-0.15, -0.1) is 0 Å². The van der Waals surface area contributed by atoms with Gasteiger partial charge in [-0.25, -0.2) is 8.42 Å². The maximum atomic E-state index is 12.8. The number of carbonyl (C=O) groups is 1. The number of nitrogens with zero attached hydrogens (tertiary/aromatic N) is 2. The minimum atomic E-state index is -4.60. The summed E-state index contributed by atoms with van der Waals surface area (Å²) in [4.78, 5) is 13.2. The summed E-state index contributed by atoms with van der Waals surface area (Å²) in [5.74, 6) is -0.124. The second-order valence-corrected chi connectivity index (χ2v) is 7.99. The van der Waals surface area contributed by atoms with Gasteiger partial charge in [0, 0.05) is 32.7 Å². The monoisotopic (exact) mass is 393 g/mol. The van der Waals surface area contributed by atoms with E-state index in [1.54, 1.807) is 0 Å². The number of hydrogen-bond donors (Lipinski definition) is 1. The first kappa shape index (κ1) is 20.7. The molecule has 1 fully saturated rings. The standard InChI is InChI=1S/C16H22F3N3O3S/c1-2-6-20-15(23)12-21-7-9-22(10-8-21)26(24,25)14-5-3-4-13(11-14)16(17,18)19/h3-5,11H,2,6-10,12H2,1H3,(H,20,23). The highest BCUT2D eigenvalue weighted by molar-refractivity contribution is 7.89. The summed E-state index contributed by atoms with van der Waals surface area (Å²) < 4.78 is 64.8. The van der Waals surface area contributed by atoms with Crippen LogP contribution < -0.4 is 5.32 Å². The van der Waals surface area contributed by atoms with Crippen LogP contribution in [-0.2, 0) is 21.0 Å². The molecule has 6 nitrogen and oxygen atoms in total. The molecule has 0 unspecified atom stereocenters. The minimum absolute atomic E-state index is 0.124. The molecule has 0 saturated carbocycles. The summed E-state index contributed by atoms with van der Waals surface area (Å²) in [5, 5.41) is 2.75. The van der Waals surface area contributed by atoms with Crippen LogP contribution >= 0.6 is 0 Å². The Hall–Kier alpha value is -1.65. The lowest BCUT2D eigenvalue weighted by molar-refractivity contribution is -0.137. The zero-order valence-electron chi connectivity index (χ0n) is 14.4. The predicted molar refractivity (Wildman–Crippen MR) is 89.9 cm³/mol. The molecule has 0 aliphatic carbocycles.